The van der Waals surface area contributed by atoms with E-state index in [1.165, 1.54) is 15.6 Å². The average molecular weight is 317 g/mol. The van der Waals surface area contributed by atoms with Crippen LogP contribution in [0.2, 0.25) is 0 Å². The summed E-state index contributed by atoms with van der Waals surface area (Å²) in [6.45, 7) is 5.24. The number of fused-ring (bicyclic) bond motifs is 1. The number of amides is 1. The standard InChI is InChI=1S/C17H23N3OS/c1-19(9-6-17(21)20-10-7-18-8-11-20)12-14-13-22-16-5-3-2-4-15(14)16/h2-5,13,18H,6-12H2,1H3. The van der Waals surface area contributed by atoms with Crippen molar-refractivity contribution in [3.05, 3.63) is 35.2 Å². The summed E-state index contributed by atoms with van der Waals surface area (Å²) in [6.07, 6.45) is 0.610. The molecule has 22 heavy (non-hydrogen) atoms. The zero-order valence-electron chi connectivity index (χ0n) is 13.0. The molecule has 1 aromatic carbocycles. The highest BCUT2D eigenvalue weighted by Crippen LogP contribution is 2.26. The Kier molecular flexibility index (Phi) is 5.08. The lowest BCUT2D eigenvalue weighted by Gasteiger charge is -2.28. The Morgan fingerprint density at radius 2 is 2.09 bits per heavy atom. The van der Waals surface area contributed by atoms with E-state index in [4.69, 9.17) is 0 Å². The summed E-state index contributed by atoms with van der Waals surface area (Å²) in [6, 6.07) is 8.52. The van der Waals surface area contributed by atoms with Crippen molar-refractivity contribution in [1.82, 2.24) is 15.1 Å². The number of piperazine rings is 1. The highest BCUT2D eigenvalue weighted by Gasteiger charge is 2.16. The summed E-state index contributed by atoms with van der Waals surface area (Å²) in [5.41, 5.74) is 1.36. The van der Waals surface area contributed by atoms with Crippen molar-refractivity contribution in [3.8, 4) is 0 Å². The summed E-state index contributed by atoms with van der Waals surface area (Å²) >= 11 is 1.79. The van der Waals surface area contributed by atoms with Gasteiger partial charge in [0.05, 0.1) is 0 Å². The van der Waals surface area contributed by atoms with Crippen LogP contribution in [0.4, 0.5) is 0 Å². The van der Waals surface area contributed by atoms with E-state index in [1.807, 2.05) is 4.90 Å². The first-order chi connectivity index (χ1) is 10.7. The van der Waals surface area contributed by atoms with Crippen molar-refractivity contribution in [3.63, 3.8) is 0 Å². The highest BCUT2D eigenvalue weighted by molar-refractivity contribution is 7.17. The van der Waals surface area contributed by atoms with E-state index in [0.29, 0.717) is 6.42 Å². The molecular formula is C17H23N3OS. The van der Waals surface area contributed by atoms with Crippen LogP contribution in [0, 0.1) is 0 Å². The number of thiophene rings is 1. The van der Waals surface area contributed by atoms with Gasteiger partial charge in [-0.05, 0) is 29.4 Å². The smallest absolute Gasteiger partial charge is 0.223 e. The van der Waals surface area contributed by atoms with Crippen LogP contribution in [0.25, 0.3) is 10.1 Å². The van der Waals surface area contributed by atoms with Crippen LogP contribution < -0.4 is 5.32 Å². The largest absolute Gasteiger partial charge is 0.340 e. The number of benzene rings is 1. The molecule has 1 aliphatic rings. The van der Waals surface area contributed by atoms with Gasteiger partial charge in [-0.25, -0.2) is 0 Å². The molecule has 1 aliphatic heterocycles. The van der Waals surface area contributed by atoms with Crippen molar-refractivity contribution in [1.29, 1.82) is 0 Å². The first-order valence-electron chi connectivity index (χ1n) is 7.86. The third-order valence-corrected chi connectivity index (χ3v) is 5.19. The maximum Gasteiger partial charge on any atom is 0.223 e. The number of nitrogens with zero attached hydrogens (tertiary/aromatic N) is 2. The van der Waals surface area contributed by atoms with Gasteiger partial charge in [0.2, 0.25) is 5.91 Å². The van der Waals surface area contributed by atoms with Crippen LogP contribution in [0.3, 0.4) is 0 Å². The topological polar surface area (TPSA) is 35.6 Å². The lowest BCUT2D eigenvalue weighted by molar-refractivity contribution is -0.132. The minimum atomic E-state index is 0.281. The highest BCUT2D eigenvalue weighted by atomic mass is 32.1. The number of hydrogen-bond donors (Lipinski definition) is 1. The van der Waals surface area contributed by atoms with Crippen LogP contribution in [-0.2, 0) is 11.3 Å². The molecule has 0 bridgehead atoms. The quantitative estimate of drug-likeness (QED) is 0.918. The van der Waals surface area contributed by atoms with Crippen molar-refractivity contribution in [2.24, 2.45) is 0 Å². The second-order valence-corrected chi connectivity index (χ2v) is 6.79. The molecule has 118 valence electrons. The van der Waals surface area contributed by atoms with Gasteiger partial charge in [0, 0.05) is 50.4 Å². The second-order valence-electron chi connectivity index (χ2n) is 5.88. The minimum absolute atomic E-state index is 0.281. The van der Waals surface area contributed by atoms with Gasteiger partial charge in [0.25, 0.3) is 0 Å². The first-order valence-corrected chi connectivity index (χ1v) is 8.74. The lowest BCUT2D eigenvalue weighted by atomic mass is 10.1. The number of carbonyl (C=O) groups excluding carboxylic acids is 1. The van der Waals surface area contributed by atoms with E-state index in [1.54, 1.807) is 11.3 Å². The molecule has 1 amide bonds. The van der Waals surface area contributed by atoms with Gasteiger partial charge in [0.15, 0.2) is 0 Å². The molecule has 1 aromatic heterocycles. The van der Waals surface area contributed by atoms with Gasteiger partial charge >= 0.3 is 0 Å². The SMILES string of the molecule is CN(CCC(=O)N1CCNCC1)Cc1csc2ccccc12. The molecule has 0 atom stereocenters. The molecule has 5 heteroatoms. The van der Waals surface area contributed by atoms with Crippen LogP contribution in [0.5, 0.6) is 0 Å². The Morgan fingerprint density at radius 3 is 2.91 bits per heavy atom. The maximum absolute atomic E-state index is 12.2. The molecule has 1 fully saturated rings. The minimum Gasteiger partial charge on any atom is -0.340 e. The van der Waals surface area contributed by atoms with Gasteiger partial charge in [-0.15, -0.1) is 11.3 Å². The number of rotatable bonds is 5. The normalized spacial score (nSPS) is 15.6. The Balaban J connectivity index is 1.52. The number of hydrogen-bond acceptors (Lipinski definition) is 4. The molecule has 4 nitrogen and oxygen atoms in total. The summed E-state index contributed by atoms with van der Waals surface area (Å²) in [5.74, 6) is 0.281. The average Bonchev–Trinajstić information content (AvgIpc) is 2.97. The molecule has 0 unspecified atom stereocenters. The monoisotopic (exact) mass is 317 g/mol. The van der Waals surface area contributed by atoms with Gasteiger partial charge < -0.3 is 15.1 Å². The molecule has 1 saturated heterocycles. The van der Waals surface area contributed by atoms with Gasteiger partial charge in [0.1, 0.15) is 0 Å². The van der Waals surface area contributed by atoms with E-state index in [-0.39, 0.29) is 5.91 Å². The third-order valence-electron chi connectivity index (χ3n) is 4.18. The van der Waals surface area contributed by atoms with Gasteiger partial charge in [-0.1, -0.05) is 18.2 Å². The van der Waals surface area contributed by atoms with Crippen molar-refractivity contribution in [2.75, 3.05) is 39.8 Å². The molecule has 2 heterocycles. The van der Waals surface area contributed by atoms with E-state index in [0.717, 1.165) is 39.3 Å². The van der Waals surface area contributed by atoms with E-state index in [2.05, 4.69) is 46.9 Å². The number of carbonyl (C=O) groups is 1. The summed E-state index contributed by atoms with van der Waals surface area (Å²) in [4.78, 5) is 16.4. The van der Waals surface area contributed by atoms with Gasteiger partial charge in [-0.2, -0.15) is 0 Å². The van der Waals surface area contributed by atoms with E-state index >= 15 is 0 Å². The summed E-state index contributed by atoms with van der Waals surface area (Å²) in [5, 5.41) is 6.85. The molecule has 2 aromatic rings. The predicted molar refractivity (Wildman–Crippen MR) is 92.2 cm³/mol. The maximum atomic E-state index is 12.2. The molecule has 0 radical (unpaired) electrons. The van der Waals surface area contributed by atoms with Crippen LogP contribution >= 0.6 is 11.3 Å². The second kappa shape index (κ2) is 7.22. The molecule has 0 spiro atoms. The van der Waals surface area contributed by atoms with Crippen LogP contribution in [-0.4, -0.2) is 55.5 Å². The zero-order valence-corrected chi connectivity index (χ0v) is 13.9. The predicted octanol–water partition coefficient (Wildman–Crippen LogP) is 2.16. The number of nitrogens with one attached hydrogen (secondary N) is 1. The summed E-state index contributed by atoms with van der Waals surface area (Å²) < 4.78 is 1.34. The van der Waals surface area contributed by atoms with E-state index < -0.39 is 0 Å². The lowest BCUT2D eigenvalue weighted by Crippen LogP contribution is -2.47. The van der Waals surface area contributed by atoms with Crippen molar-refractivity contribution >= 4 is 27.3 Å². The van der Waals surface area contributed by atoms with Crippen molar-refractivity contribution < 1.29 is 4.79 Å². The van der Waals surface area contributed by atoms with Crippen LogP contribution in [0.1, 0.15) is 12.0 Å². The Hall–Kier alpha value is -1.43. The molecule has 0 saturated carbocycles. The first kappa shape index (κ1) is 15.5. The fourth-order valence-corrected chi connectivity index (χ4v) is 3.84. The van der Waals surface area contributed by atoms with Gasteiger partial charge in [-0.3, -0.25) is 4.79 Å². The molecular weight excluding hydrogens is 294 g/mol. The van der Waals surface area contributed by atoms with Crippen LogP contribution in [0.15, 0.2) is 29.6 Å². The Bertz CT molecular complexity index is 634. The molecule has 0 aliphatic carbocycles. The third kappa shape index (κ3) is 3.66. The van der Waals surface area contributed by atoms with E-state index in [9.17, 15) is 4.79 Å². The Labute approximate surface area is 135 Å². The summed E-state index contributed by atoms with van der Waals surface area (Å²) in [7, 11) is 2.09. The Morgan fingerprint density at radius 1 is 1.32 bits per heavy atom. The van der Waals surface area contributed by atoms with Crippen molar-refractivity contribution in [2.45, 2.75) is 13.0 Å². The fraction of sp³-hybridized carbons (Fsp3) is 0.471. The zero-order chi connectivity index (χ0) is 15.4. The molecule has 3 rings (SSSR count). The molecule has 1 N–H and O–H groups in total. The fourth-order valence-electron chi connectivity index (χ4n) is 2.88.